The highest BCUT2D eigenvalue weighted by atomic mass is 16.5. The molecule has 0 fully saturated rings. The van der Waals surface area contributed by atoms with Crippen molar-refractivity contribution in [2.24, 2.45) is 0 Å². The summed E-state index contributed by atoms with van der Waals surface area (Å²) in [4.78, 5) is 17.0. The largest absolute Gasteiger partial charge is 0.341 e. The van der Waals surface area contributed by atoms with Gasteiger partial charge in [-0.05, 0) is 43.2 Å². The summed E-state index contributed by atoms with van der Waals surface area (Å²) in [5.41, 5.74) is 3.61. The molecule has 0 aliphatic heterocycles. The van der Waals surface area contributed by atoms with Gasteiger partial charge in [-0.3, -0.25) is 9.48 Å². The molecule has 1 amide bonds. The number of hydrogen-bond donors (Lipinski definition) is 1. The van der Waals surface area contributed by atoms with Crippen LogP contribution in [0.1, 0.15) is 40.3 Å². The molecular weight excluding hydrogens is 366 g/mol. The van der Waals surface area contributed by atoms with Crippen molar-refractivity contribution in [3.63, 3.8) is 0 Å². The lowest BCUT2D eigenvalue weighted by atomic mass is 10.1. The zero-order chi connectivity index (χ0) is 20.2. The molecule has 4 aromatic rings. The van der Waals surface area contributed by atoms with Crippen LogP contribution in [0.3, 0.4) is 0 Å². The molecule has 0 aliphatic carbocycles. The SMILES string of the molecule is Cc1ccccc1-c1noc([C@H](C)NC(=O)c2ccc(Cn3cccn3)cc2)n1. The molecule has 2 aromatic carbocycles. The molecule has 2 aromatic heterocycles. The maximum atomic E-state index is 12.6. The zero-order valence-corrected chi connectivity index (χ0v) is 16.2. The third-order valence-electron chi connectivity index (χ3n) is 4.67. The lowest BCUT2D eigenvalue weighted by Crippen LogP contribution is -2.26. The van der Waals surface area contributed by atoms with Crippen molar-refractivity contribution in [2.75, 3.05) is 0 Å². The van der Waals surface area contributed by atoms with Gasteiger partial charge in [0.2, 0.25) is 11.7 Å². The minimum Gasteiger partial charge on any atom is -0.341 e. The number of amides is 1. The van der Waals surface area contributed by atoms with Gasteiger partial charge in [-0.25, -0.2) is 0 Å². The van der Waals surface area contributed by atoms with E-state index in [-0.39, 0.29) is 5.91 Å². The Kier molecular flexibility index (Phi) is 5.20. The molecule has 2 heterocycles. The van der Waals surface area contributed by atoms with E-state index in [0.29, 0.717) is 23.8 Å². The van der Waals surface area contributed by atoms with Gasteiger partial charge in [0.15, 0.2) is 0 Å². The fourth-order valence-corrected chi connectivity index (χ4v) is 3.03. The van der Waals surface area contributed by atoms with Crippen molar-refractivity contribution in [1.82, 2.24) is 25.2 Å². The monoisotopic (exact) mass is 387 g/mol. The third kappa shape index (κ3) is 4.24. The molecule has 0 aliphatic rings. The summed E-state index contributed by atoms with van der Waals surface area (Å²) < 4.78 is 7.20. The Hall–Kier alpha value is -3.74. The first-order chi connectivity index (χ1) is 14.1. The lowest BCUT2D eigenvalue weighted by molar-refractivity contribution is 0.0932. The predicted molar refractivity (Wildman–Crippen MR) is 108 cm³/mol. The standard InChI is InChI=1S/C22H21N5O2/c1-15-6-3-4-7-19(15)20-25-22(29-26-20)16(2)24-21(28)18-10-8-17(9-11-18)14-27-13-5-12-23-27/h3-13,16H,14H2,1-2H3,(H,24,28)/t16-/m0/s1. The average Bonchev–Trinajstić information content (AvgIpc) is 3.41. The van der Waals surface area contributed by atoms with Gasteiger partial charge in [0.25, 0.3) is 5.91 Å². The van der Waals surface area contributed by atoms with Crippen LogP contribution in [0, 0.1) is 6.92 Å². The minimum atomic E-state index is -0.406. The average molecular weight is 387 g/mol. The van der Waals surface area contributed by atoms with Crippen LogP contribution in [0.5, 0.6) is 0 Å². The number of rotatable bonds is 6. The number of nitrogens with zero attached hydrogens (tertiary/aromatic N) is 4. The van der Waals surface area contributed by atoms with Gasteiger partial charge in [-0.15, -0.1) is 0 Å². The van der Waals surface area contributed by atoms with Crippen molar-refractivity contribution in [2.45, 2.75) is 26.4 Å². The van der Waals surface area contributed by atoms with Gasteiger partial charge in [-0.2, -0.15) is 10.1 Å². The smallest absolute Gasteiger partial charge is 0.251 e. The molecule has 29 heavy (non-hydrogen) atoms. The van der Waals surface area contributed by atoms with Crippen molar-refractivity contribution >= 4 is 5.91 Å². The number of benzene rings is 2. The maximum Gasteiger partial charge on any atom is 0.251 e. The molecule has 0 unspecified atom stereocenters. The van der Waals surface area contributed by atoms with Crippen molar-refractivity contribution in [3.8, 4) is 11.4 Å². The summed E-state index contributed by atoms with van der Waals surface area (Å²) >= 11 is 0. The fourth-order valence-electron chi connectivity index (χ4n) is 3.03. The van der Waals surface area contributed by atoms with Gasteiger partial charge in [0.05, 0.1) is 6.54 Å². The summed E-state index contributed by atoms with van der Waals surface area (Å²) in [6.07, 6.45) is 3.64. The normalized spacial score (nSPS) is 11.9. The van der Waals surface area contributed by atoms with E-state index >= 15 is 0 Å². The lowest BCUT2D eigenvalue weighted by Gasteiger charge is -2.10. The van der Waals surface area contributed by atoms with Crippen LogP contribution in [0.15, 0.2) is 71.5 Å². The molecule has 0 bridgehead atoms. The van der Waals surface area contributed by atoms with Crippen molar-refractivity contribution in [3.05, 3.63) is 89.6 Å². The highest BCUT2D eigenvalue weighted by molar-refractivity contribution is 5.94. The first kappa shape index (κ1) is 18.6. The van der Waals surface area contributed by atoms with Crippen LogP contribution in [0.4, 0.5) is 0 Å². The summed E-state index contributed by atoms with van der Waals surface area (Å²) in [6.45, 7) is 4.47. The Morgan fingerprint density at radius 2 is 1.93 bits per heavy atom. The fraction of sp³-hybridized carbons (Fsp3) is 0.182. The van der Waals surface area contributed by atoms with E-state index in [9.17, 15) is 4.79 Å². The van der Waals surface area contributed by atoms with E-state index in [4.69, 9.17) is 4.52 Å². The van der Waals surface area contributed by atoms with Crippen LogP contribution < -0.4 is 5.32 Å². The first-order valence-corrected chi connectivity index (χ1v) is 9.37. The van der Waals surface area contributed by atoms with E-state index in [1.165, 1.54) is 0 Å². The van der Waals surface area contributed by atoms with E-state index in [1.807, 2.05) is 67.2 Å². The summed E-state index contributed by atoms with van der Waals surface area (Å²) in [7, 11) is 0. The van der Waals surface area contributed by atoms with E-state index in [1.54, 1.807) is 18.3 Å². The van der Waals surface area contributed by atoms with Crippen LogP contribution in [-0.2, 0) is 6.54 Å². The highest BCUT2D eigenvalue weighted by Crippen LogP contribution is 2.22. The molecule has 1 atom stereocenters. The molecular formula is C22H21N5O2. The molecule has 4 rings (SSSR count). The van der Waals surface area contributed by atoms with Crippen molar-refractivity contribution < 1.29 is 9.32 Å². The van der Waals surface area contributed by atoms with Crippen molar-refractivity contribution in [1.29, 1.82) is 0 Å². The Morgan fingerprint density at radius 3 is 2.66 bits per heavy atom. The van der Waals surface area contributed by atoms with Crippen LogP contribution in [0.2, 0.25) is 0 Å². The van der Waals surface area contributed by atoms with Gasteiger partial charge in [-0.1, -0.05) is 41.6 Å². The number of aromatic nitrogens is 4. The molecule has 0 radical (unpaired) electrons. The zero-order valence-electron chi connectivity index (χ0n) is 16.2. The molecule has 0 spiro atoms. The molecule has 0 saturated heterocycles. The van der Waals surface area contributed by atoms with Gasteiger partial charge < -0.3 is 9.84 Å². The number of hydrogen-bond acceptors (Lipinski definition) is 5. The van der Waals surface area contributed by atoms with E-state index in [2.05, 4.69) is 20.6 Å². The third-order valence-corrected chi connectivity index (χ3v) is 4.67. The molecule has 146 valence electrons. The molecule has 1 N–H and O–H groups in total. The highest BCUT2D eigenvalue weighted by Gasteiger charge is 2.18. The van der Waals surface area contributed by atoms with Gasteiger partial charge in [0.1, 0.15) is 6.04 Å². The number of carbonyl (C=O) groups excluding carboxylic acids is 1. The quantitative estimate of drug-likeness (QED) is 0.544. The Labute approximate surface area is 168 Å². The summed E-state index contributed by atoms with van der Waals surface area (Å²) in [5.74, 6) is 0.688. The first-order valence-electron chi connectivity index (χ1n) is 9.37. The van der Waals surface area contributed by atoms with E-state index in [0.717, 1.165) is 16.7 Å². The Morgan fingerprint density at radius 1 is 1.14 bits per heavy atom. The van der Waals surface area contributed by atoms with Crippen LogP contribution in [-0.4, -0.2) is 25.8 Å². The summed E-state index contributed by atoms with van der Waals surface area (Å²) in [6, 6.07) is 16.7. The topological polar surface area (TPSA) is 85.8 Å². The number of nitrogens with one attached hydrogen (secondary N) is 1. The Balaban J connectivity index is 1.41. The minimum absolute atomic E-state index is 0.196. The second-order valence-corrected chi connectivity index (χ2v) is 6.87. The van der Waals surface area contributed by atoms with Crippen LogP contribution >= 0.6 is 0 Å². The Bertz CT molecular complexity index is 1100. The molecule has 7 nitrogen and oxygen atoms in total. The van der Waals surface area contributed by atoms with E-state index < -0.39 is 6.04 Å². The van der Waals surface area contributed by atoms with Gasteiger partial charge in [0, 0.05) is 23.5 Å². The van der Waals surface area contributed by atoms with Crippen LogP contribution in [0.25, 0.3) is 11.4 Å². The van der Waals surface area contributed by atoms with Gasteiger partial charge >= 0.3 is 0 Å². The molecule has 7 heteroatoms. The predicted octanol–water partition coefficient (Wildman–Crippen LogP) is 3.78. The summed E-state index contributed by atoms with van der Waals surface area (Å²) in [5, 5.41) is 11.1. The number of aryl methyl sites for hydroxylation is 1. The second-order valence-electron chi connectivity index (χ2n) is 6.87. The molecule has 0 saturated carbocycles. The maximum absolute atomic E-state index is 12.6. The second kappa shape index (κ2) is 8.10. The number of carbonyl (C=O) groups is 1.